The molecule has 0 saturated heterocycles. The summed E-state index contributed by atoms with van der Waals surface area (Å²) in [5.41, 5.74) is 2.89. The van der Waals surface area contributed by atoms with Gasteiger partial charge in [0.05, 0.1) is 23.6 Å². The molecule has 1 heterocycles. The fourth-order valence-electron chi connectivity index (χ4n) is 2.89. The number of benzene rings is 1. The van der Waals surface area contributed by atoms with Gasteiger partial charge in [-0.15, -0.1) is 0 Å². The van der Waals surface area contributed by atoms with E-state index < -0.39 is 5.97 Å². The lowest BCUT2D eigenvalue weighted by Crippen LogP contribution is -2.16. The smallest absolute Gasteiger partial charge is 0.359 e. The van der Waals surface area contributed by atoms with Crippen LogP contribution in [0.5, 0.6) is 0 Å². The molecule has 0 atom stereocenters. The van der Waals surface area contributed by atoms with E-state index in [-0.39, 0.29) is 18.1 Å². The number of carbonyl (C=O) groups excluding carboxylic acids is 2. The second-order valence-corrected chi connectivity index (χ2v) is 5.87. The second kappa shape index (κ2) is 6.16. The van der Waals surface area contributed by atoms with E-state index in [1.807, 2.05) is 19.1 Å². The van der Waals surface area contributed by atoms with Gasteiger partial charge in [-0.05, 0) is 44.4 Å². The third kappa shape index (κ3) is 2.65. The van der Waals surface area contributed by atoms with Gasteiger partial charge in [0.25, 0.3) is 0 Å². The maximum absolute atomic E-state index is 12.3. The molecule has 0 radical (unpaired) electrons. The zero-order valence-corrected chi connectivity index (χ0v) is 13.8. The Balaban J connectivity index is 2.22. The van der Waals surface area contributed by atoms with Crippen molar-refractivity contribution in [2.75, 3.05) is 6.61 Å². The summed E-state index contributed by atoms with van der Waals surface area (Å²) in [6.07, 6.45) is 1.87. The molecule has 0 amide bonds. The summed E-state index contributed by atoms with van der Waals surface area (Å²) in [5.74, 6) is -0.613. The number of esters is 1. The number of Topliss-reactive ketones (excluding diaryl/α,β-unsaturated/α-hetero) is 1. The van der Waals surface area contributed by atoms with Gasteiger partial charge >= 0.3 is 5.97 Å². The lowest BCUT2D eigenvalue weighted by molar-refractivity contribution is 0.0515. The molecule has 1 aliphatic rings. The number of carbonyl (C=O) groups is 2. The van der Waals surface area contributed by atoms with Crippen molar-refractivity contribution in [2.24, 2.45) is 0 Å². The molecular weight excluding hydrogens is 316 g/mol. The standard InChI is InChI=1S/C17H17ClN2O3/c1-3-23-17(22)16-15-13(8-5-9-14(15)21)20(19-16)12-7-4-6-11(18)10(12)2/h4,6-7H,3,5,8-9H2,1-2H3. The van der Waals surface area contributed by atoms with Crippen molar-refractivity contribution < 1.29 is 14.3 Å². The van der Waals surface area contributed by atoms with Crippen LogP contribution in [0.2, 0.25) is 5.02 Å². The van der Waals surface area contributed by atoms with Crippen LogP contribution < -0.4 is 0 Å². The first-order valence-corrected chi connectivity index (χ1v) is 8.00. The highest BCUT2D eigenvalue weighted by Crippen LogP contribution is 2.30. The van der Waals surface area contributed by atoms with Gasteiger partial charge in [-0.25, -0.2) is 9.48 Å². The van der Waals surface area contributed by atoms with E-state index in [4.69, 9.17) is 16.3 Å². The largest absolute Gasteiger partial charge is 0.461 e. The van der Waals surface area contributed by atoms with E-state index in [2.05, 4.69) is 5.10 Å². The van der Waals surface area contributed by atoms with E-state index >= 15 is 0 Å². The van der Waals surface area contributed by atoms with Gasteiger partial charge in [0.1, 0.15) is 0 Å². The Morgan fingerprint density at radius 1 is 1.39 bits per heavy atom. The highest BCUT2D eigenvalue weighted by atomic mass is 35.5. The number of halogens is 1. The summed E-state index contributed by atoms with van der Waals surface area (Å²) in [4.78, 5) is 24.5. The highest BCUT2D eigenvalue weighted by molar-refractivity contribution is 6.31. The average molecular weight is 333 g/mol. The van der Waals surface area contributed by atoms with Crippen LogP contribution in [-0.4, -0.2) is 28.1 Å². The maximum Gasteiger partial charge on any atom is 0.359 e. The molecule has 0 saturated carbocycles. The Bertz CT molecular complexity index is 795. The van der Waals surface area contributed by atoms with E-state index in [1.54, 1.807) is 17.7 Å². The van der Waals surface area contributed by atoms with Crippen LogP contribution in [0.15, 0.2) is 18.2 Å². The van der Waals surface area contributed by atoms with Gasteiger partial charge < -0.3 is 4.74 Å². The SMILES string of the molecule is CCOC(=O)c1nn(-c2cccc(Cl)c2C)c2c1C(=O)CCC2. The first kappa shape index (κ1) is 15.7. The summed E-state index contributed by atoms with van der Waals surface area (Å²) in [5, 5.41) is 5.01. The van der Waals surface area contributed by atoms with Gasteiger partial charge in [-0.1, -0.05) is 17.7 Å². The number of aromatic nitrogens is 2. The van der Waals surface area contributed by atoms with Crippen LogP contribution >= 0.6 is 11.6 Å². The third-order valence-corrected chi connectivity index (χ3v) is 4.42. The molecule has 5 nitrogen and oxygen atoms in total. The topological polar surface area (TPSA) is 61.2 Å². The number of fused-ring (bicyclic) bond motifs is 1. The van der Waals surface area contributed by atoms with Gasteiger partial charge in [-0.2, -0.15) is 5.10 Å². The van der Waals surface area contributed by atoms with E-state index in [9.17, 15) is 9.59 Å². The van der Waals surface area contributed by atoms with Crippen LogP contribution in [0.1, 0.15) is 51.9 Å². The van der Waals surface area contributed by atoms with Crippen LogP contribution in [0, 0.1) is 6.92 Å². The Hall–Kier alpha value is -2.14. The van der Waals surface area contributed by atoms with Crippen molar-refractivity contribution in [3.8, 4) is 5.69 Å². The van der Waals surface area contributed by atoms with Crippen LogP contribution in [-0.2, 0) is 11.2 Å². The molecule has 0 aliphatic heterocycles. The molecule has 0 unspecified atom stereocenters. The van der Waals surface area contributed by atoms with Gasteiger partial charge in [0.15, 0.2) is 11.5 Å². The van der Waals surface area contributed by atoms with Gasteiger partial charge in [0, 0.05) is 11.4 Å². The monoisotopic (exact) mass is 332 g/mol. The van der Waals surface area contributed by atoms with Crippen molar-refractivity contribution in [1.82, 2.24) is 9.78 Å². The van der Waals surface area contributed by atoms with Gasteiger partial charge in [-0.3, -0.25) is 4.79 Å². The minimum Gasteiger partial charge on any atom is -0.461 e. The summed E-state index contributed by atoms with van der Waals surface area (Å²) in [6, 6.07) is 5.50. The molecule has 0 fully saturated rings. The third-order valence-electron chi connectivity index (χ3n) is 4.01. The number of ketones is 1. The normalized spacial score (nSPS) is 13.8. The minimum absolute atomic E-state index is 0.0553. The van der Waals surface area contributed by atoms with Crippen molar-refractivity contribution >= 4 is 23.4 Å². The Morgan fingerprint density at radius 3 is 2.91 bits per heavy atom. The number of hydrogen-bond donors (Lipinski definition) is 0. The van der Waals surface area contributed by atoms with Crippen LogP contribution in [0.4, 0.5) is 0 Å². The fourth-order valence-corrected chi connectivity index (χ4v) is 3.05. The molecule has 3 rings (SSSR count). The molecule has 120 valence electrons. The lowest BCUT2D eigenvalue weighted by atomic mass is 9.94. The first-order chi connectivity index (χ1) is 11.0. The molecule has 23 heavy (non-hydrogen) atoms. The predicted octanol–water partition coefficient (Wildman–Crippen LogP) is 3.53. The quantitative estimate of drug-likeness (QED) is 0.807. The Kier molecular flexibility index (Phi) is 4.22. The van der Waals surface area contributed by atoms with E-state index in [0.717, 1.165) is 23.4 Å². The van der Waals surface area contributed by atoms with Crippen molar-refractivity contribution in [3.63, 3.8) is 0 Å². The molecule has 6 heteroatoms. The lowest BCUT2D eigenvalue weighted by Gasteiger charge is -2.15. The average Bonchev–Trinajstić information content (AvgIpc) is 2.91. The Labute approximate surface area is 139 Å². The molecule has 0 spiro atoms. The molecule has 2 aromatic rings. The Morgan fingerprint density at radius 2 is 2.17 bits per heavy atom. The summed E-state index contributed by atoms with van der Waals surface area (Å²) in [7, 11) is 0. The maximum atomic E-state index is 12.3. The fraction of sp³-hybridized carbons (Fsp3) is 0.353. The number of nitrogens with zero attached hydrogens (tertiary/aromatic N) is 2. The molecular formula is C17H17ClN2O3. The summed E-state index contributed by atoms with van der Waals surface area (Å²) >= 11 is 6.19. The van der Waals surface area contributed by atoms with Gasteiger partial charge in [0.2, 0.25) is 0 Å². The van der Waals surface area contributed by atoms with Crippen LogP contribution in [0.3, 0.4) is 0 Å². The summed E-state index contributed by atoms with van der Waals surface area (Å²) < 4.78 is 6.72. The number of ether oxygens (including phenoxy) is 1. The zero-order valence-electron chi connectivity index (χ0n) is 13.1. The van der Waals surface area contributed by atoms with Crippen molar-refractivity contribution in [2.45, 2.75) is 33.1 Å². The highest BCUT2D eigenvalue weighted by Gasteiger charge is 2.31. The zero-order chi connectivity index (χ0) is 16.6. The molecule has 1 aromatic heterocycles. The minimum atomic E-state index is -0.558. The van der Waals surface area contributed by atoms with Crippen LogP contribution in [0.25, 0.3) is 5.69 Å². The predicted molar refractivity (Wildman–Crippen MR) is 86.5 cm³/mol. The molecule has 1 aliphatic carbocycles. The van der Waals surface area contributed by atoms with Crippen molar-refractivity contribution in [1.29, 1.82) is 0 Å². The number of rotatable bonds is 3. The van der Waals surface area contributed by atoms with Crippen molar-refractivity contribution in [3.05, 3.63) is 45.7 Å². The molecule has 0 bridgehead atoms. The first-order valence-electron chi connectivity index (χ1n) is 7.62. The molecule has 0 N–H and O–H groups in total. The second-order valence-electron chi connectivity index (χ2n) is 5.46. The number of hydrogen-bond acceptors (Lipinski definition) is 4. The van der Waals surface area contributed by atoms with E-state index in [1.165, 1.54) is 0 Å². The summed E-state index contributed by atoms with van der Waals surface area (Å²) in [6.45, 7) is 3.86. The van der Waals surface area contributed by atoms with E-state index in [0.29, 0.717) is 23.4 Å². The molecule has 1 aromatic carbocycles.